The van der Waals surface area contributed by atoms with Gasteiger partial charge in [-0.3, -0.25) is 14.5 Å². The lowest BCUT2D eigenvalue weighted by molar-refractivity contribution is 0.830. The van der Waals surface area contributed by atoms with Crippen LogP contribution in [0.15, 0.2) is 73.1 Å². The second-order valence-corrected chi connectivity index (χ2v) is 9.19. The normalized spacial score (nSPS) is 11.8. The van der Waals surface area contributed by atoms with Gasteiger partial charge in [0.25, 0.3) is 0 Å². The van der Waals surface area contributed by atoms with Crippen LogP contribution in [-0.2, 0) is 0 Å². The summed E-state index contributed by atoms with van der Waals surface area (Å²) in [6.45, 7) is 8.37. The average molecular weight is 444 g/mol. The van der Waals surface area contributed by atoms with Gasteiger partial charge in [-0.15, -0.1) is 0 Å². The van der Waals surface area contributed by atoms with Crippen molar-refractivity contribution in [3.8, 4) is 16.9 Å². The van der Waals surface area contributed by atoms with Crippen molar-refractivity contribution in [2.45, 2.75) is 33.6 Å². The molecule has 0 bridgehead atoms. The van der Waals surface area contributed by atoms with Crippen LogP contribution in [0.1, 0.15) is 36.8 Å². The number of pyridine rings is 3. The Hall–Kier alpha value is -4.12. The van der Waals surface area contributed by atoms with E-state index in [-0.39, 0.29) is 0 Å². The van der Waals surface area contributed by atoms with Crippen LogP contribution in [-0.4, -0.2) is 24.5 Å². The summed E-state index contributed by atoms with van der Waals surface area (Å²) in [5.41, 5.74) is 9.88. The van der Waals surface area contributed by atoms with Crippen LogP contribution >= 0.6 is 0 Å². The number of fused-ring (bicyclic) bond motifs is 4. The van der Waals surface area contributed by atoms with Crippen molar-refractivity contribution in [3.05, 3.63) is 90.1 Å². The largest absolute Gasteiger partial charge is 0.299 e. The standard InChI is InChI=1S/C29H25N5/c1-17(2)24-12-10-20-8-9-21-11-13-25(33-28(21)27(20)32-24)23-6-5-7-26-29(23)30-16-34(26)22-14-18(3)31-19(4)15-22/h5-17H,1-4H3. The fourth-order valence-electron chi connectivity index (χ4n) is 4.66. The average Bonchev–Trinajstić information content (AvgIpc) is 3.27. The number of aromatic nitrogens is 5. The molecule has 0 saturated heterocycles. The van der Waals surface area contributed by atoms with Gasteiger partial charge in [0, 0.05) is 33.4 Å². The number of hydrogen-bond donors (Lipinski definition) is 0. The molecule has 0 aliphatic rings. The minimum Gasteiger partial charge on any atom is -0.299 e. The highest BCUT2D eigenvalue weighted by Gasteiger charge is 2.14. The van der Waals surface area contributed by atoms with Crippen molar-refractivity contribution in [2.24, 2.45) is 0 Å². The molecule has 6 rings (SSSR count). The number of aryl methyl sites for hydroxylation is 2. The fourth-order valence-corrected chi connectivity index (χ4v) is 4.66. The lowest BCUT2D eigenvalue weighted by atomic mass is 10.0. The first-order chi connectivity index (χ1) is 16.5. The van der Waals surface area contributed by atoms with E-state index in [1.54, 1.807) is 0 Å². The highest BCUT2D eigenvalue weighted by molar-refractivity contribution is 6.04. The first-order valence-corrected chi connectivity index (χ1v) is 11.6. The van der Waals surface area contributed by atoms with Gasteiger partial charge in [-0.25, -0.2) is 9.97 Å². The van der Waals surface area contributed by atoms with Gasteiger partial charge in [0.1, 0.15) is 6.33 Å². The molecule has 34 heavy (non-hydrogen) atoms. The summed E-state index contributed by atoms with van der Waals surface area (Å²) < 4.78 is 2.12. The van der Waals surface area contributed by atoms with Crippen molar-refractivity contribution >= 4 is 32.8 Å². The van der Waals surface area contributed by atoms with Crippen LogP contribution in [0, 0.1) is 13.8 Å². The number of benzene rings is 2. The molecule has 0 fully saturated rings. The molecule has 166 valence electrons. The second kappa shape index (κ2) is 7.73. The molecule has 0 amide bonds. The van der Waals surface area contributed by atoms with Gasteiger partial charge >= 0.3 is 0 Å². The number of hydrogen-bond acceptors (Lipinski definition) is 4. The van der Waals surface area contributed by atoms with Crippen molar-refractivity contribution in [3.63, 3.8) is 0 Å². The highest BCUT2D eigenvalue weighted by atomic mass is 15.1. The number of rotatable bonds is 3. The molecule has 5 nitrogen and oxygen atoms in total. The maximum Gasteiger partial charge on any atom is 0.100 e. The molecule has 0 atom stereocenters. The zero-order chi connectivity index (χ0) is 23.4. The van der Waals surface area contributed by atoms with E-state index >= 15 is 0 Å². The zero-order valence-corrected chi connectivity index (χ0v) is 19.7. The Morgan fingerprint density at radius 3 is 2.12 bits per heavy atom. The molecule has 0 radical (unpaired) electrons. The summed E-state index contributed by atoms with van der Waals surface area (Å²) in [4.78, 5) is 19.4. The fraction of sp³-hybridized carbons (Fsp3) is 0.172. The van der Waals surface area contributed by atoms with Gasteiger partial charge in [-0.05, 0) is 50.1 Å². The molecule has 4 heterocycles. The summed E-state index contributed by atoms with van der Waals surface area (Å²) >= 11 is 0. The maximum atomic E-state index is 5.11. The number of nitrogens with zero attached hydrogens (tertiary/aromatic N) is 5. The Morgan fingerprint density at radius 2 is 1.38 bits per heavy atom. The van der Waals surface area contributed by atoms with E-state index < -0.39 is 0 Å². The van der Waals surface area contributed by atoms with E-state index in [1.165, 1.54) is 0 Å². The Labute approximate surface area is 198 Å². The van der Waals surface area contributed by atoms with E-state index in [1.807, 2.05) is 20.2 Å². The van der Waals surface area contributed by atoms with E-state index in [0.29, 0.717) is 5.92 Å². The Balaban J connectivity index is 1.56. The maximum absolute atomic E-state index is 5.11. The third-order valence-electron chi connectivity index (χ3n) is 6.33. The summed E-state index contributed by atoms with van der Waals surface area (Å²) in [6, 6.07) is 23.1. The molecule has 5 heteroatoms. The van der Waals surface area contributed by atoms with Crippen molar-refractivity contribution < 1.29 is 0 Å². The number of imidazole rings is 1. The van der Waals surface area contributed by atoms with Crippen LogP contribution < -0.4 is 0 Å². The molecule has 0 N–H and O–H groups in total. The molecule has 0 aliphatic carbocycles. The van der Waals surface area contributed by atoms with Crippen molar-refractivity contribution in [1.82, 2.24) is 24.5 Å². The van der Waals surface area contributed by atoms with Crippen LogP contribution in [0.5, 0.6) is 0 Å². The van der Waals surface area contributed by atoms with Crippen LogP contribution in [0.25, 0.3) is 49.8 Å². The Morgan fingerprint density at radius 1 is 0.706 bits per heavy atom. The van der Waals surface area contributed by atoms with E-state index in [4.69, 9.17) is 15.0 Å². The van der Waals surface area contributed by atoms with Crippen molar-refractivity contribution in [2.75, 3.05) is 0 Å². The highest BCUT2D eigenvalue weighted by Crippen LogP contribution is 2.31. The van der Waals surface area contributed by atoms with Crippen LogP contribution in [0.3, 0.4) is 0 Å². The molecule has 6 aromatic rings. The summed E-state index contributed by atoms with van der Waals surface area (Å²) in [5, 5.41) is 2.19. The van der Waals surface area contributed by atoms with Gasteiger partial charge in [0.15, 0.2) is 0 Å². The van der Waals surface area contributed by atoms with Gasteiger partial charge < -0.3 is 0 Å². The second-order valence-electron chi connectivity index (χ2n) is 9.19. The molecular formula is C29H25N5. The minimum absolute atomic E-state index is 0.362. The molecule has 0 spiro atoms. The van der Waals surface area contributed by atoms with Gasteiger partial charge in [0.05, 0.1) is 33.4 Å². The van der Waals surface area contributed by atoms with Crippen LogP contribution in [0.4, 0.5) is 0 Å². The summed E-state index contributed by atoms with van der Waals surface area (Å²) in [5.74, 6) is 0.362. The van der Waals surface area contributed by atoms with Gasteiger partial charge in [-0.2, -0.15) is 0 Å². The minimum atomic E-state index is 0.362. The van der Waals surface area contributed by atoms with Gasteiger partial charge in [-0.1, -0.05) is 50.2 Å². The SMILES string of the molecule is Cc1cc(-n2cnc3c(-c4ccc5ccc6ccc(C(C)C)nc6c5n4)cccc32)cc(C)n1. The quantitative estimate of drug-likeness (QED) is 0.278. The summed E-state index contributed by atoms with van der Waals surface area (Å²) in [7, 11) is 0. The van der Waals surface area contributed by atoms with E-state index in [2.05, 4.69) is 90.1 Å². The lowest BCUT2D eigenvalue weighted by Gasteiger charge is -2.10. The summed E-state index contributed by atoms with van der Waals surface area (Å²) in [6.07, 6.45) is 1.88. The smallest absolute Gasteiger partial charge is 0.100 e. The molecule has 2 aromatic carbocycles. The number of para-hydroxylation sites is 1. The topological polar surface area (TPSA) is 56.5 Å². The molecule has 0 saturated carbocycles. The molecule has 0 unspecified atom stereocenters. The van der Waals surface area contributed by atoms with E-state index in [9.17, 15) is 0 Å². The first-order valence-electron chi connectivity index (χ1n) is 11.6. The zero-order valence-electron chi connectivity index (χ0n) is 19.7. The monoisotopic (exact) mass is 443 g/mol. The lowest BCUT2D eigenvalue weighted by Crippen LogP contribution is -1.96. The predicted octanol–water partition coefficient (Wildman–Crippen LogP) is 6.92. The Bertz CT molecular complexity index is 1690. The molecular weight excluding hydrogens is 418 g/mol. The van der Waals surface area contributed by atoms with Crippen LogP contribution in [0.2, 0.25) is 0 Å². The van der Waals surface area contributed by atoms with Crippen molar-refractivity contribution in [1.29, 1.82) is 0 Å². The Kier molecular flexibility index (Phi) is 4.66. The molecule has 0 aliphatic heterocycles. The molecule has 4 aromatic heterocycles. The van der Waals surface area contributed by atoms with E-state index in [0.717, 1.165) is 66.9 Å². The predicted molar refractivity (Wildman–Crippen MR) is 138 cm³/mol. The first kappa shape index (κ1) is 20.5. The third-order valence-corrected chi connectivity index (χ3v) is 6.33. The third kappa shape index (κ3) is 3.32. The van der Waals surface area contributed by atoms with Gasteiger partial charge in [0.2, 0.25) is 0 Å².